The number of aliphatic carboxylic acids is 1. The van der Waals surface area contributed by atoms with Crippen molar-refractivity contribution in [2.75, 3.05) is 0 Å². The summed E-state index contributed by atoms with van der Waals surface area (Å²) in [5.41, 5.74) is 2.39. The molecule has 0 bridgehead atoms. The minimum atomic E-state index is -0.723. The number of hydrogen-bond donors (Lipinski definition) is 1. The molecule has 1 aromatic rings. The highest BCUT2D eigenvalue weighted by molar-refractivity contribution is 6.30. The first kappa shape index (κ1) is 11.5. The molecule has 0 saturated carbocycles. The van der Waals surface area contributed by atoms with Crippen molar-refractivity contribution < 1.29 is 9.90 Å². The van der Waals surface area contributed by atoms with Crippen LogP contribution in [0, 0.1) is 5.92 Å². The van der Waals surface area contributed by atoms with E-state index in [1.54, 1.807) is 0 Å². The molecule has 0 spiro atoms. The number of carboxylic acid groups (broad SMARTS) is 1. The molecule has 0 radical (unpaired) electrons. The van der Waals surface area contributed by atoms with E-state index in [0.29, 0.717) is 5.92 Å². The van der Waals surface area contributed by atoms with E-state index < -0.39 is 5.97 Å². The van der Waals surface area contributed by atoms with E-state index in [4.69, 9.17) is 16.7 Å². The van der Waals surface area contributed by atoms with Crippen molar-refractivity contribution in [2.45, 2.75) is 32.1 Å². The summed E-state index contributed by atoms with van der Waals surface area (Å²) in [7, 11) is 0. The van der Waals surface area contributed by atoms with Crippen molar-refractivity contribution in [3.8, 4) is 0 Å². The molecule has 0 amide bonds. The molecule has 2 rings (SSSR count). The Labute approximate surface area is 100 Å². The number of hydrogen-bond acceptors (Lipinski definition) is 1. The van der Waals surface area contributed by atoms with Crippen molar-refractivity contribution in [2.24, 2.45) is 5.92 Å². The second kappa shape index (κ2) is 4.46. The van der Waals surface area contributed by atoms with Crippen LogP contribution in [-0.2, 0) is 11.2 Å². The monoisotopic (exact) mass is 238 g/mol. The third kappa shape index (κ3) is 2.22. The van der Waals surface area contributed by atoms with Crippen LogP contribution in [0.25, 0.3) is 0 Å². The molecule has 0 saturated heterocycles. The van der Waals surface area contributed by atoms with Gasteiger partial charge in [0, 0.05) is 5.02 Å². The van der Waals surface area contributed by atoms with E-state index >= 15 is 0 Å². The smallest absolute Gasteiger partial charge is 0.303 e. The van der Waals surface area contributed by atoms with Gasteiger partial charge in [-0.25, -0.2) is 0 Å². The summed E-state index contributed by atoms with van der Waals surface area (Å²) in [6.45, 7) is 2.13. The maximum Gasteiger partial charge on any atom is 0.303 e. The SMILES string of the molecule is CC1CCc2cc(Cl)ccc2C1CC(=O)O. The van der Waals surface area contributed by atoms with Crippen LogP contribution in [-0.4, -0.2) is 11.1 Å². The summed E-state index contributed by atoms with van der Waals surface area (Å²) in [6.07, 6.45) is 2.27. The zero-order valence-corrected chi connectivity index (χ0v) is 10.00. The second-order valence-corrected chi connectivity index (χ2v) is 5.00. The zero-order valence-electron chi connectivity index (χ0n) is 9.24. The third-order valence-electron chi connectivity index (χ3n) is 3.45. The van der Waals surface area contributed by atoms with Gasteiger partial charge in [0.1, 0.15) is 0 Å². The Morgan fingerprint density at radius 1 is 1.56 bits per heavy atom. The lowest BCUT2D eigenvalue weighted by Gasteiger charge is -2.30. The van der Waals surface area contributed by atoms with Crippen LogP contribution in [0.2, 0.25) is 5.02 Å². The van der Waals surface area contributed by atoms with Crippen LogP contribution in [0.15, 0.2) is 18.2 Å². The highest BCUT2D eigenvalue weighted by Gasteiger charge is 2.28. The summed E-state index contributed by atoms with van der Waals surface area (Å²) >= 11 is 5.95. The number of halogens is 1. The van der Waals surface area contributed by atoms with Crippen LogP contribution in [0.3, 0.4) is 0 Å². The first-order valence-electron chi connectivity index (χ1n) is 5.58. The van der Waals surface area contributed by atoms with Gasteiger partial charge in [-0.15, -0.1) is 0 Å². The van der Waals surface area contributed by atoms with Gasteiger partial charge in [0.15, 0.2) is 0 Å². The van der Waals surface area contributed by atoms with E-state index in [-0.39, 0.29) is 12.3 Å². The van der Waals surface area contributed by atoms with E-state index in [1.807, 2.05) is 18.2 Å². The second-order valence-electron chi connectivity index (χ2n) is 4.56. The van der Waals surface area contributed by atoms with Gasteiger partial charge < -0.3 is 5.11 Å². The number of benzene rings is 1. The largest absolute Gasteiger partial charge is 0.481 e. The molecule has 0 aliphatic heterocycles. The maximum atomic E-state index is 10.9. The quantitative estimate of drug-likeness (QED) is 0.857. The van der Waals surface area contributed by atoms with Crippen LogP contribution < -0.4 is 0 Å². The number of fused-ring (bicyclic) bond motifs is 1. The standard InChI is InChI=1S/C13H15ClO2/c1-8-2-3-9-6-10(14)4-5-11(9)12(8)7-13(15)16/h4-6,8,12H,2-3,7H2,1H3,(H,15,16). The van der Waals surface area contributed by atoms with Gasteiger partial charge in [-0.3, -0.25) is 4.79 Å². The van der Waals surface area contributed by atoms with Gasteiger partial charge in [0.25, 0.3) is 0 Å². The van der Waals surface area contributed by atoms with Crippen LogP contribution in [0.1, 0.15) is 36.8 Å². The number of rotatable bonds is 2. The molecular weight excluding hydrogens is 224 g/mol. The average Bonchev–Trinajstić information content (AvgIpc) is 2.22. The molecule has 86 valence electrons. The van der Waals surface area contributed by atoms with Crippen LogP contribution in [0.5, 0.6) is 0 Å². The molecule has 16 heavy (non-hydrogen) atoms. The van der Waals surface area contributed by atoms with Gasteiger partial charge in [0.2, 0.25) is 0 Å². The fourth-order valence-electron chi connectivity index (χ4n) is 2.54. The van der Waals surface area contributed by atoms with Gasteiger partial charge in [0.05, 0.1) is 6.42 Å². The summed E-state index contributed by atoms with van der Waals surface area (Å²) in [6, 6.07) is 5.81. The summed E-state index contributed by atoms with van der Waals surface area (Å²) in [5, 5.41) is 9.68. The van der Waals surface area contributed by atoms with Crippen molar-refractivity contribution in [3.05, 3.63) is 34.3 Å². The van der Waals surface area contributed by atoms with Gasteiger partial charge in [-0.1, -0.05) is 24.6 Å². The molecule has 0 fully saturated rings. The third-order valence-corrected chi connectivity index (χ3v) is 3.69. The van der Waals surface area contributed by atoms with E-state index in [1.165, 1.54) is 11.1 Å². The highest BCUT2D eigenvalue weighted by atomic mass is 35.5. The zero-order chi connectivity index (χ0) is 11.7. The minimum Gasteiger partial charge on any atom is -0.481 e. The summed E-state index contributed by atoms with van der Waals surface area (Å²) in [5.74, 6) is -0.150. The Bertz CT molecular complexity index is 414. The number of carbonyl (C=O) groups is 1. The highest BCUT2D eigenvalue weighted by Crippen LogP contribution is 2.39. The fraction of sp³-hybridized carbons (Fsp3) is 0.462. The van der Waals surface area contributed by atoms with Crippen molar-refractivity contribution in [3.63, 3.8) is 0 Å². The molecule has 1 aromatic carbocycles. The Morgan fingerprint density at radius 2 is 2.31 bits per heavy atom. The lowest BCUT2D eigenvalue weighted by atomic mass is 9.74. The summed E-state index contributed by atoms with van der Waals surface area (Å²) in [4.78, 5) is 10.9. The first-order valence-corrected chi connectivity index (χ1v) is 5.96. The van der Waals surface area contributed by atoms with E-state index in [9.17, 15) is 4.79 Å². The lowest BCUT2D eigenvalue weighted by molar-refractivity contribution is -0.137. The van der Waals surface area contributed by atoms with Gasteiger partial charge >= 0.3 is 5.97 Å². The normalized spacial score (nSPS) is 23.9. The number of carboxylic acids is 1. The predicted molar refractivity (Wildman–Crippen MR) is 63.9 cm³/mol. The molecule has 2 atom stereocenters. The molecular formula is C13H15ClO2. The van der Waals surface area contributed by atoms with Gasteiger partial charge in [-0.2, -0.15) is 0 Å². The van der Waals surface area contributed by atoms with E-state index in [2.05, 4.69) is 6.92 Å². The fourth-order valence-corrected chi connectivity index (χ4v) is 2.74. The predicted octanol–water partition coefficient (Wildman–Crippen LogP) is 3.48. The Hall–Kier alpha value is -1.02. The maximum absolute atomic E-state index is 10.9. The van der Waals surface area contributed by atoms with Gasteiger partial charge in [-0.05, 0) is 47.9 Å². The number of aryl methyl sites for hydroxylation is 1. The molecule has 1 N–H and O–H groups in total. The first-order chi connectivity index (χ1) is 7.58. The summed E-state index contributed by atoms with van der Waals surface area (Å²) < 4.78 is 0. The van der Waals surface area contributed by atoms with Crippen LogP contribution in [0.4, 0.5) is 0 Å². The van der Waals surface area contributed by atoms with Crippen LogP contribution >= 0.6 is 11.6 Å². The van der Waals surface area contributed by atoms with Crippen molar-refractivity contribution >= 4 is 17.6 Å². The Kier molecular flexibility index (Phi) is 3.20. The van der Waals surface area contributed by atoms with Crippen molar-refractivity contribution in [1.29, 1.82) is 0 Å². The molecule has 1 aliphatic carbocycles. The molecule has 2 unspecified atom stereocenters. The molecule has 2 nitrogen and oxygen atoms in total. The average molecular weight is 239 g/mol. The Balaban J connectivity index is 2.36. The van der Waals surface area contributed by atoms with Crippen molar-refractivity contribution in [1.82, 2.24) is 0 Å². The topological polar surface area (TPSA) is 37.3 Å². The molecule has 0 heterocycles. The molecule has 1 aliphatic rings. The molecule has 0 aromatic heterocycles. The minimum absolute atomic E-state index is 0.138. The van der Waals surface area contributed by atoms with E-state index in [0.717, 1.165) is 17.9 Å². The molecule has 3 heteroatoms. The lowest BCUT2D eigenvalue weighted by Crippen LogP contribution is -2.21. The Morgan fingerprint density at radius 3 is 3.00 bits per heavy atom.